The topological polar surface area (TPSA) is 95.2 Å². The number of nitrogens with zero attached hydrogens (tertiary/aromatic N) is 1. The van der Waals surface area contributed by atoms with E-state index in [4.69, 9.17) is 11.6 Å². The van der Waals surface area contributed by atoms with E-state index in [-0.39, 0.29) is 11.6 Å². The molecule has 7 nitrogen and oxygen atoms in total. The van der Waals surface area contributed by atoms with Gasteiger partial charge in [0.25, 0.3) is 10.0 Å². The third-order valence-electron chi connectivity index (χ3n) is 7.14. The first kappa shape index (κ1) is 23.5. The smallest absolute Gasteiger partial charge is 0.262 e. The zero-order valence-electron chi connectivity index (χ0n) is 18.1. The van der Waals surface area contributed by atoms with Gasteiger partial charge in [-0.25, -0.2) is 17.8 Å². The Kier molecular flexibility index (Phi) is 6.22. The van der Waals surface area contributed by atoms with Crippen molar-refractivity contribution in [1.82, 2.24) is 20.9 Å². The molecule has 182 valence electrons. The van der Waals surface area contributed by atoms with Crippen molar-refractivity contribution in [3.05, 3.63) is 33.8 Å². The van der Waals surface area contributed by atoms with Gasteiger partial charge in [-0.1, -0.05) is 11.3 Å². The van der Waals surface area contributed by atoms with Crippen LogP contribution in [-0.4, -0.2) is 50.0 Å². The molecule has 2 heterocycles. The molecule has 2 spiro atoms. The van der Waals surface area contributed by atoms with Gasteiger partial charge in [-0.15, -0.1) is 11.6 Å². The van der Waals surface area contributed by atoms with E-state index < -0.39 is 31.3 Å². The van der Waals surface area contributed by atoms with Crippen LogP contribution in [0.15, 0.2) is 28.7 Å². The maximum atomic E-state index is 14.6. The molecule has 2 saturated carbocycles. The second-order valence-electron chi connectivity index (χ2n) is 9.65. The summed E-state index contributed by atoms with van der Waals surface area (Å²) in [6.45, 7) is 2.74. The molecule has 1 saturated heterocycles. The summed E-state index contributed by atoms with van der Waals surface area (Å²) >= 11 is 6.86. The molecule has 0 amide bonds. The number of sulfonamides is 1. The van der Waals surface area contributed by atoms with Gasteiger partial charge in [-0.2, -0.15) is 4.39 Å². The highest BCUT2D eigenvalue weighted by atomic mass is 35.5. The summed E-state index contributed by atoms with van der Waals surface area (Å²) in [6, 6.07) is 0.577. The molecule has 0 radical (unpaired) electrons. The van der Waals surface area contributed by atoms with Gasteiger partial charge in [-0.05, 0) is 56.6 Å². The van der Waals surface area contributed by atoms with Gasteiger partial charge in [0.05, 0.1) is 11.6 Å². The molecule has 0 aromatic carbocycles. The van der Waals surface area contributed by atoms with Crippen molar-refractivity contribution in [3.63, 3.8) is 0 Å². The highest BCUT2D eigenvalue weighted by Crippen LogP contribution is 2.60. The lowest BCUT2D eigenvalue weighted by atomic mass is 10.0. The van der Waals surface area contributed by atoms with E-state index in [1.165, 1.54) is 32.2 Å². The summed E-state index contributed by atoms with van der Waals surface area (Å²) < 4.78 is 54.7. The Labute approximate surface area is 201 Å². The Morgan fingerprint density at radius 3 is 2.76 bits per heavy atom. The molecule has 5 rings (SSSR count). The monoisotopic (exact) mass is 519 g/mol. The van der Waals surface area contributed by atoms with Crippen LogP contribution in [0.2, 0.25) is 0 Å². The third kappa shape index (κ3) is 5.07. The van der Waals surface area contributed by atoms with Crippen molar-refractivity contribution in [2.24, 2.45) is 5.41 Å². The Balaban J connectivity index is 1.05. The number of rotatable bonds is 10. The number of halogens is 3. The number of nitrogens with one attached hydrogen (secondary N) is 4. The second kappa shape index (κ2) is 8.75. The molecule has 4 aliphatic rings. The van der Waals surface area contributed by atoms with E-state index >= 15 is 0 Å². The zero-order valence-corrected chi connectivity index (χ0v) is 20.5. The average Bonchev–Trinajstić information content (AvgIpc) is 3.57. The largest absolute Gasteiger partial charge is 0.387 e. The fourth-order valence-electron chi connectivity index (χ4n) is 4.97. The quantitative estimate of drug-likeness (QED) is 0.280. The minimum absolute atomic E-state index is 0.159. The first-order chi connectivity index (χ1) is 15.7. The van der Waals surface area contributed by atoms with Crippen LogP contribution in [0.5, 0.6) is 0 Å². The predicted molar refractivity (Wildman–Crippen MR) is 126 cm³/mol. The highest BCUT2D eigenvalue weighted by molar-refractivity contribution is 7.96. The molecule has 1 aliphatic heterocycles. The van der Waals surface area contributed by atoms with Crippen LogP contribution in [0, 0.1) is 10.5 Å². The van der Waals surface area contributed by atoms with Crippen molar-refractivity contribution < 1.29 is 17.2 Å². The molecule has 1 aromatic heterocycles. The van der Waals surface area contributed by atoms with Gasteiger partial charge in [-0.3, -0.25) is 4.72 Å². The lowest BCUT2D eigenvalue weighted by Crippen LogP contribution is -2.34. The molecule has 3 fully saturated rings. The number of hydrogen-bond donors (Lipinski definition) is 4. The second-order valence-corrected chi connectivity index (χ2v) is 12.9. The first-order valence-corrected chi connectivity index (χ1v) is 14.0. The molecule has 33 heavy (non-hydrogen) atoms. The van der Waals surface area contributed by atoms with Gasteiger partial charge in [0, 0.05) is 36.8 Å². The summed E-state index contributed by atoms with van der Waals surface area (Å²) in [7, 11) is -4.21. The molecular formula is C21H28ClF2N5O2S2. The zero-order chi connectivity index (χ0) is 23.3. The lowest BCUT2D eigenvalue weighted by molar-refractivity contribution is 0.490. The number of thiazole rings is 1. The van der Waals surface area contributed by atoms with E-state index in [9.17, 15) is 17.2 Å². The Morgan fingerprint density at radius 2 is 2.06 bits per heavy atom. The van der Waals surface area contributed by atoms with Gasteiger partial charge in [0.2, 0.25) is 0 Å². The number of alkyl halides is 1. The number of unbranched alkanes of at least 4 members (excludes halogenated alkanes) is 1. The van der Waals surface area contributed by atoms with Crippen LogP contribution in [-0.2, 0) is 10.0 Å². The summed E-state index contributed by atoms with van der Waals surface area (Å²) in [6.07, 6.45) is 8.99. The third-order valence-corrected chi connectivity index (χ3v) is 9.83. The maximum Gasteiger partial charge on any atom is 0.262 e. The van der Waals surface area contributed by atoms with Crippen molar-refractivity contribution in [3.8, 4) is 0 Å². The van der Waals surface area contributed by atoms with Crippen LogP contribution < -0.4 is 20.7 Å². The maximum absolute atomic E-state index is 14.6. The van der Waals surface area contributed by atoms with Crippen molar-refractivity contribution in [2.75, 3.05) is 24.4 Å². The molecule has 12 heteroatoms. The van der Waals surface area contributed by atoms with E-state index in [0.717, 1.165) is 31.7 Å². The van der Waals surface area contributed by atoms with Crippen molar-refractivity contribution in [1.29, 1.82) is 0 Å². The normalized spacial score (nSPS) is 30.1. The Morgan fingerprint density at radius 1 is 1.27 bits per heavy atom. The van der Waals surface area contributed by atoms with Gasteiger partial charge >= 0.3 is 0 Å². The van der Waals surface area contributed by atoms with Crippen LogP contribution >= 0.6 is 22.9 Å². The van der Waals surface area contributed by atoms with Crippen LogP contribution in [0.25, 0.3) is 0 Å². The van der Waals surface area contributed by atoms with Crippen LogP contribution in [0.1, 0.15) is 44.9 Å². The van der Waals surface area contributed by atoms with E-state index in [0.29, 0.717) is 40.6 Å². The fraction of sp³-hybridized carbons (Fsp3) is 0.667. The predicted octanol–water partition coefficient (Wildman–Crippen LogP) is 3.34. The lowest BCUT2D eigenvalue weighted by Gasteiger charge is -2.22. The molecule has 1 unspecified atom stereocenters. The number of hydrogen-bond acceptors (Lipinski definition) is 7. The number of aromatic nitrogens is 1. The fourth-order valence-corrected chi connectivity index (χ4v) is 7.35. The minimum atomic E-state index is -4.21. The SMILES string of the molecule is O=S(=O)(Nc1ncc(F)s1)C1=C(F)C=C(NCCCCN[C@H]2C[C@@]23CC2(CC2)CN3)C(Cl)C1. The van der Waals surface area contributed by atoms with Crippen LogP contribution in [0.3, 0.4) is 0 Å². The summed E-state index contributed by atoms with van der Waals surface area (Å²) in [4.78, 5) is 3.14. The highest BCUT2D eigenvalue weighted by Gasteiger charge is 2.64. The minimum Gasteiger partial charge on any atom is -0.387 e. The molecular weight excluding hydrogens is 492 g/mol. The molecule has 0 bridgehead atoms. The van der Waals surface area contributed by atoms with E-state index in [1.807, 2.05) is 0 Å². The van der Waals surface area contributed by atoms with E-state index in [2.05, 4.69) is 25.7 Å². The molecule has 1 aromatic rings. The van der Waals surface area contributed by atoms with E-state index in [1.54, 1.807) is 0 Å². The first-order valence-electron chi connectivity index (χ1n) is 11.3. The molecule has 3 aliphatic carbocycles. The summed E-state index contributed by atoms with van der Waals surface area (Å²) in [5.41, 5.74) is 1.43. The standard InChI is InChI=1S/C21H28ClF2N5O2S2/c22-13-7-16(33(30,31)29-19-27-10-18(24)32-19)14(23)8-15(13)25-5-1-2-6-26-17-9-21(17)11-20(3-4-20)12-28-21/h8,10,13,17,25-26,28H,1-7,9,11-12H2,(H,27,29)/t13?,17-,21+/m0/s1. The van der Waals surface area contributed by atoms with Crippen LogP contribution in [0.4, 0.5) is 13.9 Å². The van der Waals surface area contributed by atoms with Gasteiger partial charge < -0.3 is 16.0 Å². The molecule has 3 atom stereocenters. The molecule has 4 N–H and O–H groups in total. The van der Waals surface area contributed by atoms with Crippen molar-refractivity contribution in [2.45, 2.75) is 61.9 Å². The van der Waals surface area contributed by atoms with Crippen molar-refractivity contribution >= 4 is 38.1 Å². The average molecular weight is 520 g/mol. The van der Waals surface area contributed by atoms with Gasteiger partial charge in [0.1, 0.15) is 10.7 Å². The summed E-state index contributed by atoms with van der Waals surface area (Å²) in [5.74, 6) is -0.878. The Bertz CT molecular complexity index is 1090. The number of allylic oxidation sites excluding steroid dienone is 4. The summed E-state index contributed by atoms with van der Waals surface area (Å²) in [5, 5.41) is 9.04. The Hall–Kier alpha value is -1.27. The number of anilines is 1. The van der Waals surface area contributed by atoms with Gasteiger partial charge in [0.15, 0.2) is 10.3 Å².